The summed E-state index contributed by atoms with van der Waals surface area (Å²) in [6.07, 6.45) is -0.661. The van der Waals surface area contributed by atoms with Gasteiger partial charge < -0.3 is 19.6 Å². The van der Waals surface area contributed by atoms with Gasteiger partial charge in [-0.15, -0.1) is 0 Å². The number of carbonyl (C=O) groups excluding carboxylic acids is 1. The lowest BCUT2D eigenvalue weighted by atomic mass is 10.1. The van der Waals surface area contributed by atoms with Crippen molar-refractivity contribution in [2.24, 2.45) is 0 Å². The minimum atomic E-state index is -0.661. The van der Waals surface area contributed by atoms with Gasteiger partial charge in [-0.1, -0.05) is 12.1 Å². The second-order valence-corrected chi connectivity index (χ2v) is 4.44. The van der Waals surface area contributed by atoms with Crippen molar-refractivity contribution < 1.29 is 14.6 Å². The van der Waals surface area contributed by atoms with Gasteiger partial charge in [0.15, 0.2) is 0 Å². The highest BCUT2D eigenvalue weighted by Gasteiger charge is 2.27. The van der Waals surface area contributed by atoms with Crippen LogP contribution in [0.4, 0.5) is 4.79 Å². The normalized spacial score (nSPS) is 17.2. The minimum Gasteiger partial charge on any atom is -0.497 e. The number of amides is 2. The molecule has 5 nitrogen and oxygen atoms in total. The average Bonchev–Trinajstić information content (AvgIpc) is 2.71. The molecule has 1 saturated heterocycles. The fraction of sp³-hybridized carbons (Fsp3) is 0.462. The van der Waals surface area contributed by atoms with Gasteiger partial charge in [-0.25, -0.2) is 4.79 Å². The van der Waals surface area contributed by atoms with E-state index in [1.807, 2.05) is 12.1 Å². The van der Waals surface area contributed by atoms with E-state index < -0.39 is 6.10 Å². The van der Waals surface area contributed by atoms with Crippen molar-refractivity contribution in [2.75, 3.05) is 33.8 Å². The lowest BCUT2D eigenvalue weighted by molar-refractivity contribution is 0.129. The molecule has 98 valence electrons. The summed E-state index contributed by atoms with van der Waals surface area (Å²) in [6.45, 7) is 1.71. The largest absolute Gasteiger partial charge is 0.497 e. The van der Waals surface area contributed by atoms with E-state index in [0.29, 0.717) is 19.6 Å². The predicted octanol–water partition coefficient (Wildman–Crippen LogP) is 1.10. The van der Waals surface area contributed by atoms with Crippen LogP contribution in [-0.2, 0) is 0 Å². The molecule has 1 aromatic carbocycles. The predicted molar refractivity (Wildman–Crippen MR) is 67.6 cm³/mol. The summed E-state index contributed by atoms with van der Waals surface area (Å²) in [5.41, 5.74) is 0.790. The van der Waals surface area contributed by atoms with Crippen molar-refractivity contribution in [3.05, 3.63) is 29.8 Å². The van der Waals surface area contributed by atoms with Crippen molar-refractivity contribution in [1.82, 2.24) is 9.80 Å². The first kappa shape index (κ1) is 12.7. The smallest absolute Gasteiger partial charge is 0.319 e. The summed E-state index contributed by atoms with van der Waals surface area (Å²) in [4.78, 5) is 15.0. The van der Waals surface area contributed by atoms with Crippen molar-refractivity contribution in [2.45, 2.75) is 6.10 Å². The molecule has 1 aliphatic rings. The lowest BCUT2D eigenvalue weighted by Gasteiger charge is -2.20. The number of likely N-dealkylation sites (N-methyl/N-ethyl adjacent to an activating group) is 1. The van der Waals surface area contributed by atoms with Gasteiger partial charge in [-0.2, -0.15) is 0 Å². The number of aliphatic hydroxyl groups is 1. The molecule has 0 aliphatic carbocycles. The second-order valence-electron chi connectivity index (χ2n) is 4.44. The fourth-order valence-electron chi connectivity index (χ4n) is 2.01. The van der Waals surface area contributed by atoms with Gasteiger partial charge in [0.1, 0.15) is 5.75 Å². The van der Waals surface area contributed by atoms with Crippen molar-refractivity contribution in [3.8, 4) is 5.75 Å². The number of aliphatic hydroxyl groups excluding tert-OH is 1. The first-order valence-corrected chi connectivity index (χ1v) is 5.94. The van der Waals surface area contributed by atoms with Gasteiger partial charge in [0.2, 0.25) is 0 Å². The molecular weight excluding hydrogens is 232 g/mol. The number of hydrogen-bond acceptors (Lipinski definition) is 3. The van der Waals surface area contributed by atoms with E-state index in [-0.39, 0.29) is 6.03 Å². The van der Waals surface area contributed by atoms with Crippen LogP contribution >= 0.6 is 0 Å². The van der Waals surface area contributed by atoms with Crippen LogP contribution in [0.2, 0.25) is 0 Å². The molecule has 0 aromatic heterocycles. The highest BCUT2D eigenvalue weighted by molar-refractivity contribution is 5.76. The molecule has 1 aliphatic heterocycles. The van der Waals surface area contributed by atoms with Gasteiger partial charge in [0.05, 0.1) is 19.8 Å². The Morgan fingerprint density at radius 3 is 2.50 bits per heavy atom. The highest BCUT2D eigenvalue weighted by atomic mass is 16.5. The number of β-amino-alcohol motifs (C(OH)–C–C–N with tert-alkyl or cyclic N) is 1. The van der Waals surface area contributed by atoms with Crippen LogP contribution in [-0.4, -0.2) is 54.7 Å². The summed E-state index contributed by atoms with van der Waals surface area (Å²) in [7, 11) is 3.37. The molecule has 1 heterocycles. The van der Waals surface area contributed by atoms with Gasteiger partial charge in [0.25, 0.3) is 0 Å². The van der Waals surface area contributed by atoms with Crippen LogP contribution in [0, 0.1) is 0 Å². The van der Waals surface area contributed by atoms with E-state index in [1.165, 1.54) is 0 Å². The van der Waals surface area contributed by atoms with E-state index in [0.717, 1.165) is 11.3 Å². The molecule has 0 saturated carbocycles. The van der Waals surface area contributed by atoms with Crippen LogP contribution < -0.4 is 4.74 Å². The molecule has 2 amide bonds. The van der Waals surface area contributed by atoms with E-state index in [9.17, 15) is 9.90 Å². The fourth-order valence-corrected chi connectivity index (χ4v) is 2.01. The van der Waals surface area contributed by atoms with Crippen LogP contribution in [0.25, 0.3) is 0 Å². The Labute approximate surface area is 107 Å². The van der Waals surface area contributed by atoms with Crippen LogP contribution in [0.1, 0.15) is 11.7 Å². The number of hydrogen-bond donors (Lipinski definition) is 1. The summed E-state index contributed by atoms with van der Waals surface area (Å²) in [6, 6.07) is 7.21. The molecule has 2 rings (SSSR count). The monoisotopic (exact) mass is 250 g/mol. The number of urea groups is 1. The SMILES string of the molecule is COc1ccc(C(O)CN2CCN(C)C2=O)cc1. The van der Waals surface area contributed by atoms with Gasteiger partial charge >= 0.3 is 6.03 Å². The molecule has 0 radical (unpaired) electrons. The van der Waals surface area contributed by atoms with Crippen molar-refractivity contribution in [1.29, 1.82) is 0 Å². The van der Waals surface area contributed by atoms with Crippen molar-refractivity contribution in [3.63, 3.8) is 0 Å². The summed E-state index contributed by atoms with van der Waals surface area (Å²) >= 11 is 0. The Balaban J connectivity index is 1.98. The maximum atomic E-state index is 11.7. The molecule has 5 heteroatoms. The molecule has 0 bridgehead atoms. The Morgan fingerprint density at radius 2 is 2.00 bits per heavy atom. The first-order chi connectivity index (χ1) is 8.61. The number of rotatable bonds is 4. The summed E-state index contributed by atoms with van der Waals surface area (Å²) in [5, 5.41) is 10.1. The zero-order valence-corrected chi connectivity index (χ0v) is 10.7. The second kappa shape index (κ2) is 5.27. The third-order valence-electron chi connectivity index (χ3n) is 3.20. The number of methoxy groups -OCH3 is 1. The quantitative estimate of drug-likeness (QED) is 0.870. The number of nitrogens with zero attached hydrogens (tertiary/aromatic N) is 2. The third-order valence-corrected chi connectivity index (χ3v) is 3.20. The van der Waals surface area contributed by atoms with Crippen LogP contribution in [0.5, 0.6) is 5.75 Å². The summed E-state index contributed by atoms with van der Waals surface area (Å²) in [5.74, 6) is 0.753. The highest BCUT2D eigenvalue weighted by Crippen LogP contribution is 2.19. The molecule has 1 unspecified atom stereocenters. The van der Waals surface area contributed by atoms with Crippen molar-refractivity contribution >= 4 is 6.03 Å². The molecule has 1 fully saturated rings. The van der Waals surface area contributed by atoms with E-state index >= 15 is 0 Å². The molecule has 1 atom stereocenters. The van der Waals surface area contributed by atoms with Crippen LogP contribution in [0.3, 0.4) is 0 Å². The van der Waals surface area contributed by atoms with Gasteiger partial charge in [0, 0.05) is 20.1 Å². The maximum Gasteiger partial charge on any atom is 0.319 e. The Bertz CT molecular complexity index is 419. The molecule has 0 spiro atoms. The standard InChI is InChI=1S/C13H18N2O3/c1-14-7-8-15(13(14)17)9-12(16)10-3-5-11(18-2)6-4-10/h3-6,12,16H,7-9H2,1-2H3. The lowest BCUT2D eigenvalue weighted by Crippen LogP contribution is -2.32. The third kappa shape index (κ3) is 2.56. The van der Waals surface area contributed by atoms with E-state index in [2.05, 4.69) is 0 Å². The maximum absolute atomic E-state index is 11.7. The first-order valence-electron chi connectivity index (χ1n) is 5.94. The number of benzene rings is 1. The zero-order chi connectivity index (χ0) is 13.1. The van der Waals surface area contributed by atoms with E-state index in [4.69, 9.17) is 4.74 Å². The zero-order valence-electron chi connectivity index (χ0n) is 10.7. The Morgan fingerprint density at radius 1 is 1.33 bits per heavy atom. The molecule has 1 aromatic rings. The molecular formula is C13H18N2O3. The van der Waals surface area contributed by atoms with Crippen LogP contribution in [0.15, 0.2) is 24.3 Å². The number of ether oxygens (including phenoxy) is 1. The minimum absolute atomic E-state index is 0.0254. The number of carbonyl (C=O) groups is 1. The topological polar surface area (TPSA) is 53.0 Å². The van der Waals surface area contributed by atoms with E-state index in [1.54, 1.807) is 36.1 Å². The molecule has 18 heavy (non-hydrogen) atoms. The molecule has 1 N–H and O–H groups in total. The van der Waals surface area contributed by atoms with Gasteiger partial charge in [-0.3, -0.25) is 0 Å². The van der Waals surface area contributed by atoms with Gasteiger partial charge in [-0.05, 0) is 17.7 Å². The summed E-state index contributed by atoms with van der Waals surface area (Å²) < 4.78 is 5.06. The average molecular weight is 250 g/mol. The Kier molecular flexibility index (Phi) is 3.72. The Hall–Kier alpha value is -1.75.